The molecule has 1 aromatic carbocycles. The molecule has 0 bridgehead atoms. The average molecular weight is 332 g/mol. The summed E-state index contributed by atoms with van der Waals surface area (Å²) < 4.78 is 0. The molecule has 1 saturated heterocycles. The molecule has 23 heavy (non-hydrogen) atoms. The third kappa shape index (κ3) is 2.94. The van der Waals surface area contributed by atoms with Crippen LogP contribution in [-0.2, 0) is 0 Å². The molecule has 0 saturated carbocycles. The highest BCUT2D eigenvalue weighted by Gasteiger charge is 2.30. The summed E-state index contributed by atoms with van der Waals surface area (Å²) in [5, 5.41) is 4.50. The number of halogens is 1. The molecule has 5 nitrogen and oxygen atoms in total. The number of pyridine rings is 1. The van der Waals surface area contributed by atoms with Crippen molar-refractivity contribution in [1.29, 1.82) is 0 Å². The molecule has 1 aromatic heterocycles. The molecule has 0 amide bonds. The maximum atomic E-state index is 6.11. The van der Waals surface area contributed by atoms with Crippen molar-refractivity contribution in [3.63, 3.8) is 0 Å². The fraction of sp³-hybridized carbons (Fsp3) is 0.353. The Bertz CT molecular complexity index is 737. The molecule has 6 heteroatoms. The zero-order chi connectivity index (χ0) is 16.6. The second-order valence-corrected chi connectivity index (χ2v) is 6.62. The van der Waals surface area contributed by atoms with E-state index in [0.717, 1.165) is 18.5 Å². The van der Waals surface area contributed by atoms with Crippen molar-refractivity contribution >= 4 is 28.1 Å². The molecule has 0 spiro atoms. The monoisotopic (exact) mass is 331 g/mol. The topological polar surface area (TPSA) is 71.4 Å². The van der Waals surface area contributed by atoms with E-state index in [0.29, 0.717) is 11.1 Å². The number of anilines is 1. The van der Waals surface area contributed by atoms with Crippen LogP contribution in [0.3, 0.4) is 0 Å². The molecule has 0 aliphatic carbocycles. The number of rotatable bonds is 4. The van der Waals surface area contributed by atoms with Crippen LogP contribution in [0.4, 0.5) is 5.69 Å². The van der Waals surface area contributed by atoms with Crippen LogP contribution in [0.25, 0.3) is 10.8 Å². The smallest absolute Gasteiger partial charge is 0.129 e. The Kier molecular flexibility index (Phi) is 4.33. The predicted molar refractivity (Wildman–Crippen MR) is 96.2 cm³/mol. The summed E-state index contributed by atoms with van der Waals surface area (Å²) >= 11 is 6.11. The molecule has 4 N–H and O–H groups in total. The van der Waals surface area contributed by atoms with Crippen LogP contribution in [0.15, 0.2) is 36.8 Å². The predicted octanol–water partition coefficient (Wildman–Crippen LogP) is 2.81. The molecule has 2 aromatic rings. The van der Waals surface area contributed by atoms with Crippen molar-refractivity contribution < 1.29 is 0 Å². The summed E-state index contributed by atoms with van der Waals surface area (Å²) in [5.74, 6) is 6.37. The van der Waals surface area contributed by atoms with Gasteiger partial charge in [0.25, 0.3) is 0 Å². The summed E-state index contributed by atoms with van der Waals surface area (Å²) in [6.45, 7) is 6.10. The third-order valence-electron chi connectivity index (χ3n) is 4.38. The highest BCUT2D eigenvalue weighted by atomic mass is 35.5. The molecule has 3 rings (SSSR count). The molecule has 122 valence electrons. The molecule has 2 heterocycles. The van der Waals surface area contributed by atoms with Gasteiger partial charge in [-0.05, 0) is 29.0 Å². The number of benzene rings is 1. The normalized spacial score (nSPS) is 15.6. The van der Waals surface area contributed by atoms with Crippen LogP contribution in [0.2, 0.25) is 5.15 Å². The molecule has 1 aliphatic rings. The average Bonchev–Trinajstić information content (AvgIpc) is 2.45. The maximum Gasteiger partial charge on any atom is 0.129 e. The molecule has 1 fully saturated rings. The van der Waals surface area contributed by atoms with Gasteiger partial charge in [0, 0.05) is 42.8 Å². The van der Waals surface area contributed by atoms with Crippen molar-refractivity contribution in [1.82, 2.24) is 9.99 Å². The first-order valence-electron chi connectivity index (χ1n) is 7.75. The van der Waals surface area contributed by atoms with E-state index in [9.17, 15) is 0 Å². The van der Waals surface area contributed by atoms with E-state index in [-0.39, 0.29) is 6.04 Å². The lowest BCUT2D eigenvalue weighted by molar-refractivity contribution is 0.239. The van der Waals surface area contributed by atoms with E-state index in [1.165, 1.54) is 22.8 Å². The highest BCUT2D eigenvalue weighted by Crippen LogP contribution is 2.35. The van der Waals surface area contributed by atoms with Crippen molar-refractivity contribution in [3.05, 3.63) is 47.5 Å². The molecular weight excluding hydrogens is 310 g/mol. The standard InChI is InChI=1S/C17H22ClN5/c1-11(2)13-3-4-16(15-8-21-17(18)7-14(13)15)22-9-12(10-22)23(20)6-5-19/h3-8,11-12H,9-10,19-20H2,1-2H3/b6-5-. The SMILES string of the molecule is CC(C)c1ccc(N2CC(N(N)/C=C\N)C2)c2cnc(Cl)cc12. The van der Waals surface area contributed by atoms with Gasteiger partial charge in [-0.1, -0.05) is 31.5 Å². The number of aromatic nitrogens is 1. The summed E-state index contributed by atoms with van der Waals surface area (Å²) in [6, 6.07) is 6.59. The van der Waals surface area contributed by atoms with Gasteiger partial charge >= 0.3 is 0 Å². The van der Waals surface area contributed by atoms with Crippen LogP contribution in [0.5, 0.6) is 0 Å². The number of hydrazine groups is 1. The van der Waals surface area contributed by atoms with Gasteiger partial charge in [-0.3, -0.25) is 0 Å². The van der Waals surface area contributed by atoms with Crippen molar-refractivity contribution in [2.45, 2.75) is 25.8 Å². The zero-order valence-electron chi connectivity index (χ0n) is 13.4. The van der Waals surface area contributed by atoms with Gasteiger partial charge in [0.05, 0.1) is 6.04 Å². The fourth-order valence-corrected chi connectivity index (χ4v) is 3.22. The quantitative estimate of drug-likeness (QED) is 0.512. The van der Waals surface area contributed by atoms with E-state index in [4.69, 9.17) is 23.2 Å². The number of hydrogen-bond acceptors (Lipinski definition) is 5. The Morgan fingerprint density at radius 1 is 1.35 bits per heavy atom. The van der Waals surface area contributed by atoms with Gasteiger partial charge in [0.2, 0.25) is 0 Å². The summed E-state index contributed by atoms with van der Waals surface area (Å²) in [7, 11) is 0. The van der Waals surface area contributed by atoms with Gasteiger partial charge in [0.15, 0.2) is 0 Å². The summed E-state index contributed by atoms with van der Waals surface area (Å²) in [4.78, 5) is 6.57. The Morgan fingerprint density at radius 2 is 2.09 bits per heavy atom. The van der Waals surface area contributed by atoms with Gasteiger partial charge in [-0.15, -0.1) is 0 Å². The third-order valence-corrected chi connectivity index (χ3v) is 4.59. The lowest BCUT2D eigenvalue weighted by Gasteiger charge is -2.45. The van der Waals surface area contributed by atoms with Crippen molar-refractivity contribution in [3.8, 4) is 0 Å². The van der Waals surface area contributed by atoms with Gasteiger partial charge in [-0.2, -0.15) is 0 Å². The maximum absolute atomic E-state index is 6.11. The van der Waals surface area contributed by atoms with Gasteiger partial charge in [0.1, 0.15) is 5.15 Å². The van der Waals surface area contributed by atoms with E-state index in [1.807, 2.05) is 12.3 Å². The van der Waals surface area contributed by atoms with E-state index < -0.39 is 0 Å². The van der Waals surface area contributed by atoms with Gasteiger partial charge in [-0.25, -0.2) is 10.8 Å². The van der Waals surface area contributed by atoms with E-state index >= 15 is 0 Å². The van der Waals surface area contributed by atoms with Crippen LogP contribution in [0.1, 0.15) is 25.3 Å². The highest BCUT2D eigenvalue weighted by molar-refractivity contribution is 6.30. The van der Waals surface area contributed by atoms with Crippen LogP contribution < -0.4 is 16.5 Å². The minimum Gasteiger partial charge on any atom is -0.403 e. The second-order valence-electron chi connectivity index (χ2n) is 6.23. The van der Waals surface area contributed by atoms with Crippen molar-refractivity contribution in [2.75, 3.05) is 18.0 Å². The minimum absolute atomic E-state index is 0.273. The minimum atomic E-state index is 0.273. The Balaban J connectivity index is 1.93. The summed E-state index contributed by atoms with van der Waals surface area (Å²) in [5.41, 5.74) is 7.85. The Labute approximate surface area is 141 Å². The fourth-order valence-electron chi connectivity index (χ4n) is 3.06. The lowest BCUT2D eigenvalue weighted by Crippen LogP contribution is -2.60. The first-order valence-corrected chi connectivity index (χ1v) is 8.13. The number of hydrogen-bond donors (Lipinski definition) is 2. The van der Waals surface area contributed by atoms with Crippen LogP contribution in [0, 0.1) is 0 Å². The Hall–Kier alpha value is -1.98. The molecular formula is C17H22ClN5. The summed E-state index contributed by atoms with van der Waals surface area (Å²) in [6.07, 6.45) is 5.02. The van der Waals surface area contributed by atoms with Crippen LogP contribution in [-0.4, -0.2) is 29.1 Å². The Morgan fingerprint density at radius 3 is 2.74 bits per heavy atom. The zero-order valence-corrected chi connectivity index (χ0v) is 14.2. The number of nitrogens with two attached hydrogens (primary N) is 2. The van der Waals surface area contributed by atoms with Gasteiger partial charge < -0.3 is 15.6 Å². The largest absolute Gasteiger partial charge is 0.403 e. The molecule has 0 unspecified atom stereocenters. The molecule has 0 radical (unpaired) electrons. The molecule has 1 aliphatic heterocycles. The lowest BCUT2D eigenvalue weighted by atomic mass is 9.95. The van der Waals surface area contributed by atoms with E-state index in [2.05, 4.69) is 35.9 Å². The van der Waals surface area contributed by atoms with E-state index in [1.54, 1.807) is 11.2 Å². The number of nitrogens with zero attached hydrogens (tertiary/aromatic N) is 3. The first-order chi connectivity index (χ1) is 11.0. The second kappa shape index (κ2) is 6.26. The van der Waals surface area contributed by atoms with Crippen molar-refractivity contribution in [2.24, 2.45) is 11.6 Å². The molecule has 0 atom stereocenters. The van der Waals surface area contributed by atoms with Crippen LogP contribution >= 0.6 is 11.6 Å². The first kappa shape index (κ1) is 15.9. The number of fused-ring (bicyclic) bond motifs is 1.